The van der Waals surface area contributed by atoms with E-state index in [-0.39, 0.29) is 28.3 Å². The predicted octanol–water partition coefficient (Wildman–Crippen LogP) is 3.86. The van der Waals surface area contributed by atoms with Gasteiger partial charge < -0.3 is 5.32 Å². The number of rotatable bonds is 6. The Bertz CT molecular complexity index is 1400. The highest BCUT2D eigenvalue weighted by molar-refractivity contribution is 7.89. The normalized spacial score (nSPS) is 18.6. The Morgan fingerprint density at radius 1 is 1.05 bits per heavy atom. The Hall–Kier alpha value is -3.52. The number of sulfonamides is 1. The summed E-state index contributed by atoms with van der Waals surface area (Å²) in [7, 11) is -4.33. The molecule has 0 radical (unpaired) electrons. The summed E-state index contributed by atoms with van der Waals surface area (Å²) in [4.78, 5) is 19.4. The Morgan fingerprint density at radius 2 is 1.76 bits per heavy atom. The maximum absolute atomic E-state index is 14.2. The van der Waals surface area contributed by atoms with Crippen LogP contribution >= 0.6 is 0 Å². The monoisotopic (exact) mass is 544 g/mol. The van der Waals surface area contributed by atoms with Gasteiger partial charge in [0.2, 0.25) is 21.9 Å². The Morgan fingerprint density at radius 3 is 2.38 bits per heavy atom. The molecule has 1 aliphatic rings. The highest BCUT2D eigenvalue weighted by Crippen LogP contribution is 2.30. The zero-order valence-electron chi connectivity index (χ0n) is 18.7. The summed E-state index contributed by atoms with van der Waals surface area (Å²) in [5, 5.41) is 2.39. The average Bonchev–Trinajstić information content (AvgIpc) is 3.25. The molecule has 1 aromatic carbocycles. The van der Waals surface area contributed by atoms with Gasteiger partial charge in [-0.2, -0.15) is 21.9 Å². The third kappa shape index (κ3) is 5.91. The van der Waals surface area contributed by atoms with Crippen molar-refractivity contribution in [1.82, 2.24) is 19.6 Å². The van der Waals surface area contributed by atoms with Crippen molar-refractivity contribution < 1.29 is 39.6 Å². The molecule has 14 heteroatoms. The Labute approximate surface area is 207 Å². The summed E-state index contributed by atoms with van der Waals surface area (Å²) in [6.45, 7) is -0.962. The number of carbonyl (C=O) groups excluding carboxylic acids is 1. The molecule has 4 rings (SSSR count). The van der Waals surface area contributed by atoms with Crippen molar-refractivity contribution in [2.45, 2.75) is 36.3 Å². The maximum atomic E-state index is 14.2. The lowest BCUT2D eigenvalue weighted by Crippen LogP contribution is -2.45. The first-order chi connectivity index (χ1) is 17.3. The van der Waals surface area contributed by atoms with Crippen molar-refractivity contribution in [2.75, 3.05) is 6.54 Å². The number of alkyl halides is 4. The average molecular weight is 544 g/mol. The minimum absolute atomic E-state index is 0.0222. The van der Waals surface area contributed by atoms with Crippen LogP contribution in [0.1, 0.15) is 17.8 Å². The fourth-order valence-electron chi connectivity index (χ4n) is 3.84. The van der Waals surface area contributed by atoms with E-state index in [1.54, 1.807) is 0 Å². The lowest BCUT2D eigenvalue weighted by molar-refractivity contribution is -0.141. The van der Waals surface area contributed by atoms with Gasteiger partial charge in [0.25, 0.3) is 0 Å². The molecule has 3 aromatic rings. The number of halogens is 6. The van der Waals surface area contributed by atoms with E-state index in [0.29, 0.717) is 4.31 Å². The minimum Gasteiger partial charge on any atom is -0.349 e. The van der Waals surface area contributed by atoms with Gasteiger partial charge in [0.1, 0.15) is 23.7 Å². The number of nitrogens with zero attached hydrogens (tertiary/aromatic N) is 3. The van der Waals surface area contributed by atoms with Gasteiger partial charge in [-0.25, -0.2) is 22.2 Å². The van der Waals surface area contributed by atoms with Gasteiger partial charge in [-0.05, 0) is 42.0 Å². The SMILES string of the molecule is O=C(NCc1cc(-c2ccc(C(F)(F)F)nc2)cc(F)n1)C1CC(F)CN1S(=O)(=O)c1ccc(F)cc1. The van der Waals surface area contributed by atoms with Crippen LogP contribution in [-0.4, -0.2) is 47.4 Å². The smallest absolute Gasteiger partial charge is 0.349 e. The molecule has 1 saturated heterocycles. The first-order valence-electron chi connectivity index (χ1n) is 10.7. The molecular weight excluding hydrogens is 526 g/mol. The van der Waals surface area contributed by atoms with E-state index >= 15 is 0 Å². The van der Waals surface area contributed by atoms with Crippen LogP contribution in [0.5, 0.6) is 0 Å². The molecule has 2 aromatic heterocycles. The fourth-order valence-corrected chi connectivity index (χ4v) is 5.46. The number of carbonyl (C=O) groups is 1. The molecule has 0 bridgehead atoms. The van der Waals surface area contributed by atoms with Crippen molar-refractivity contribution in [3.05, 3.63) is 77.9 Å². The summed E-state index contributed by atoms with van der Waals surface area (Å²) < 4.78 is 106. The van der Waals surface area contributed by atoms with Gasteiger partial charge in [0, 0.05) is 30.8 Å². The lowest BCUT2D eigenvalue weighted by Gasteiger charge is -2.23. The number of nitrogens with one attached hydrogen (secondary N) is 1. The van der Waals surface area contributed by atoms with Crippen molar-refractivity contribution in [3.8, 4) is 11.1 Å². The van der Waals surface area contributed by atoms with Crippen LogP contribution in [0.2, 0.25) is 0 Å². The summed E-state index contributed by atoms with van der Waals surface area (Å²) in [5.41, 5.74) is -0.843. The van der Waals surface area contributed by atoms with E-state index in [4.69, 9.17) is 0 Å². The Kier molecular flexibility index (Phi) is 7.24. The molecule has 7 nitrogen and oxygen atoms in total. The zero-order valence-corrected chi connectivity index (χ0v) is 19.5. The van der Waals surface area contributed by atoms with Crippen molar-refractivity contribution in [1.29, 1.82) is 0 Å². The van der Waals surface area contributed by atoms with Gasteiger partial charge in [-0.3, -0.25) is 9.78 Å². The number of aromatic nitrogens is 2. The van der Waals surface area contributed by atoms with E-state index in [1.807, 2.05) is 0 Å². The van der Waals surface area contributed by atoms with Crippen LogP contribution in [0.3, 0.4) is 0 Å². The standard InChI is InChI=1S/C23H18F6N4O3S/c24-15-2-4-18(5-3-15)37(35,36)33-12-16(25)9-19(33)22(34)31-11-17-7-14(8-21(26)32-17)13-1-6-20(30-10-13)23(27,28)29/h1-8,10,16,19H,9,11-12H2,(H,31,34). The molecule has 3 heterocycles. The second kappa shape index (κ2) is 10.1. The molecule has 1 aliphatic heterocycles. The van der Waals surface area contributed by atoms with E-state index < -0.39 is 64.7 Å². The first-order valence-corrected chi connectivity index (χ1v) is 12.2. The fraction of sp³-hybridized carbons (Fsp3) is 0.261. The van der Waals surface area contributed by atoms with Crippen LogP contribution in [-0.2, 0) is 27.5 Å². The molecule has 0 aliphatic carbocycles. The molecule has 2 unspecified atom stereocenters. The third-order valence-corrected chi connectivity index (χ3v) is 7.49. The van der Waals surface area contributed by atoms with Gasteiger partial charge in [-0.1, -0.05) is 6.07 Å². The van der Waals surface area contributed by atoms with Gasteiger partial charge in [0.05, 0.1) is 17.1 Å². The van der Waals surface area contributed by atoms with Crippen LogP contribution in [0.25, 0.3) is 11.1 Å². The van der Waals surface area contributed by atoms with E-state index in [0.717, 1.165) is 48.7 Å². The first kappa shape index (κ1) is 26.5. The molecule has 2 atom stereocenters. The zero-order chi connectivity index (χ0) is 27.0. The lowest BCUT2D eigenvalue weighted by atomic mass is 10.1. The number of hydrogen-bond acceptors (Lipinski definition) is 5. The van der Waals surface area contributed by atoms with E-state index in [9.17, 15) is 39.6 Å². The van der Waals surface area contributed by atoms with Crippen molar-refractivity contribution in [2.24, 2.45) is 0 Å². The molecule has 0 saturated carbocycles. The van der Waals surface area contributed by atoms with E-state index in [1.165, 1.54) is 6.07 Å². The van der Waals surface area contributed by atoms with E-state index in [2.05, 4.69) is 15.3 Å². The van der Waals surface area contributed by atoms with Gasteiger partial charge in [-0.15, -0.1) is 0 Å². The molecule has 196 valence electrons. The quantitative estimate of drug-likeness (QED) is 0.376. The topological polar surface area (TPSA) is 92.3 Å². The number of benzene rings is 1. The Balaban J connectivity index is 1.50. The maximum Gasteiger partial charge on any atom is 0.433 e. The summed E-state index contributed by atoms with van der Waals surface area (Å²) in [5.74, 6) is -2.52. The molecule has 0 spiro atoms. The predicted molar refractivity (Wildman–Crippen MR) is 118 cm³/mol. The molecule has 1 N–H and O–H groups in total. The van der Waals surface area contributed by atoms with Crippen molar-refractivity contribution >= 4 is 15.9 Å². The third-order valence-electron chi connectivity index (χ3n) is 5.61. The summed E-state index contributed by atoms with van der Waals surface area (Å²) >= 11 is 0. The molecule has 37 heavy (non-hydrogen) atoms. The molecule has 1 fully saturated rings. The number of pyridine rings is 2. The van der Waals surface area contributed by atoms with Crippen molar-refractivity contribution in [3.63, 3.8) is 0 Å². The summed E-state index contributed by atoms with van der Waals surface area (Å²) in [6, 6.07) is 6.54. The number of amides is 1. The highest BCUT2D eigenvalue weighted by atomic mass is 32.2. The second-order valence-corrected chi connectivity index (χ2v) is 10.1. The number of hydrogen-bond donors (Lipinski definition) is 1. The highest BCUT2D eigenvalue weighted by Gasteiger charge is 2.44. The largest absolute Gasteiger partial charge is 0.433 e. The minimum atomic E-state index is -4.64. The van der Waals surface area contributed by atoms with Gasteiger partial charge >= 0.3 is 6.18 Å². The van der Waals surface area contributed by atoms with Crippen LogP contribution in [0.15, 0.2) is 59.6 Å². The van der Waals surface area contributed by atoms with Crippen LogP contribution < -0.4 is 5.32 Å². The van der Waals surface area contributed by atoms with Crippen LogP contribution in [0, 0.1) is 11.8 Å². The molecular formula is C23H18F6N4O3S. The molecule has 1 amide bonds. The van der Waals surface area contributed by atoms with Crippen LogP contribution in [0.4, 0.5) is 26.3 Å². The van der Waals surface area contributed by atoms with Gasteiger partial charge in [0.15, 0.2) is 0 Å². The summed E-state index contributed by atoms with van der Waals surface area (Å²) in [6.07, 6.45) is -5.78. The second-order valence-electron chi connectivity index (χ2n) is 8.19.